The molecule has 1 aromatic heterocycles. The molecule has 0 radical (unpaired) electrons. The standard InChI is InChI=1S/C16H21N3/c1-4-19(15-7-5-6-12(2)8-15)16-10-14(11-17)9-13(3)18-16/h5-10H,4,11,17H2,1-3H3. The minimum Gasteiger partial charge on any atom is -0.327 e. The maximum Gasteiger partial charge on any atom is 0.133 e. The Kier molecular flexibility index (Phi) is 4.17. The van der Waals surface area contributed by atoms with E-state index in [1.54, 1.807) is 0 Å². The van der Waals surface area contributed by atoms with Crippen LogP contribution in [0, 0.1) is 13.8 Å². The van der Waals surface area contributed by atoms with Crippen LogP contribution in [0.2, 0.25) is 0 Å². The third-order valence-corrected chi connectivity index (χ3v) is 3.14. The van der Waals surface area contributed by atoms with E-state index in [2.05, 4.69) is 54.1 Å². The normalized spacial score (nSPS) is 10.5. The smallest absolute Gasteiger partial charge is 0.133 e. The Morgan fingerprint density at radius 2 is 1.95 bits per heavy atom. The van der Waals surface area contributed by atoms with Gasteiger partial charge in [-0.1, -0.05) is 12.1 Å². The molecule has 0 unspecified atom stereocenters. The van der Waals surface area contributed by atoms with Gasteiger partial charge in [-0.25, -0.2) is 4.98 Å². The van der Waals surface area contributed by atoms with Crippen LogP contribution in [-0.4, -0.2) is 11.5 Å². The lowest BCUT2D eigenvalue weighted by Crippen LogP contribution is -2.18. The third-order valence-electron chi connectivity index (χ3n) is 3.14. The first kappa shape index (κ1) is 13.6. The highest BCUT2D eigenvalue weighted by Gasteiger charge is 2.10. The van der Waals surface area contributed by atoms with Crippen LogP contribution in [0.15, 0.2) is 36.4 Å². The molecule has 2 aromatic rings. The fraction of sp³-hybridized carbons (Fsp3) is 0.312. The van der Waals surface area contributed by atoms with Gasteiger partial charge in [-0.3, -0.25) is 0 Å². The summed E-state index contributed by atoms with van der Waals surface area (Å²) in [4.78, 5) is 6.84. The third kappa shape index (κ3) is 3.12. The lowest BCUT2D eigenvalue weighted by Gasteiger charge is -2.23. The van der Waals surface area contributed by atoms with Gasteiger partial charge in [-0.05, 0) is 56.2 Å². The summed E-state index contributed by atoms with van der Waals surface area (Å²) in [5.74, 6) is 0.966. The van der Waals surface area contributed by atoms with Gasteiger partial charge >= 0.3 is 0 Å². The molecule has 100 valence electrons. The number of nitrogens with zero attached hydrogens (tertiary/aromatic N) is 2. The van der Waals surface area contributed by atoms with Gasteiger partial charge in [0.1, 0.15) is 5.82 Å². The Hall–Kier alpha value is -1.87. The highest BCUT2D eigenvalue weighted by molar-refractivity contribution is 5.61. The second kappa shape index (κ2) is 5.85. The molecule has 0 fully saturated rings. The molecule has 3 nitrogen and oxygen atoms in total. The molecular weight excluding hydrogens is 234 g/mol. The number of nitrogens with two attached hydrogens (primary N) is 1. The highest BCUT2D eigenvalue weighted by Crippen LogP contribution is 2.25. The number of pyridine rings is 1. The predicted octanol–water partition coefficient (Wildman–Crippen LogP) is 3.32. The molecule has 1 aromatic carbocycles. The maximum absolute atomic E-state index is 5.75. The Bertz CT molecular complexity index is 564. The molecule has 0 atom stereocenters. The first-order valence-corrected chi connectivity index (χ1v) is 6.66. The van der Waals surface area contributed by atoms with Gasteiger partial charge in [0.2, 0.25) is 0 Å². The summed E-state index contributed by atoms with van der Waals surface area (Å²) in [6.07, 6.45) is 0. The zero-order valence-electron chi connectivity index (χ0n) is 11.9. The van der Waals surface area contributed by atoms with Crippen molar-refractivity contribution in [2.24, 2.45) is 5.73 Å². The number of anilines is 2. The molecule has 0 saturated carbocycles. The predicted molar refractivity (Wildman–Crippen MR) is 80.7 cm³/mol. The highest BCUT2D eigenvalue weighted by atomic mass is 15.2. The van der Waals surface area contributed by atoms with Crippen molar-refractivity contribution in [1.29, 1.82) is 0 Å². The Morgan fingerprint density at radius 3 is 2.58 bits per heavy atom. The summed E-state index contributed by atoms with van der Waals surface area (Å²) in [7, 11) is 0. The molecular formula is C16H21N3. The topological polar surface area (TPSA) is 42.1 Å². The minimum atomic E-state index is 0.543. The molecule has 1 heterocycles. The monoisotopic (exact) mass is 255 g/mol. The van der Waals surface area contributed by atoms with E-state index >= 15 is 0 Å². The molecule has 0 bridgehead atoms. The average molecular weight is 255 g/mol. The van der Waals surface area contributed by atoms with Crippen molar-refractivity contribution in [3.8, 4) is 0 Å². The van der Waals surface area contributed by atoms with Crippen LogP contribution in [0.25, 0.3) is 0 Å². The van der Waals surface area contributed by atoms with E-state index in [-0.39, 0.29) is 0 Å². The molecule has 0 aliphatic rings. The number of aromatic nitrogens is 1. The zero-order chi connectivity index (χ0) is 13.8. The second-order valence-electron chi connectivity index (χ2n) is 4.76. The van der Waals surface area contributed by atoms with Gasteiger partial charge < -0.3 is 10.6 Å². The van der Waals surface area contributed by atoms with Crippen molar-refractivity contribution in [2.45, 2.75) is 27.3 Å². The number of hydrogen-bond acceptors (Lipinski definition) is 3. The largest absolute Gasteiger partial charge is 0.327 e. The number of aryl methyl sites for hydroxylation is 2. The van der Waals surface area contributed by atoms with Gasteiger partial charge in [0.15, 0.2) is 0 Å². The SMILES string of the molecule is CCN(c1cccc(C)c1)c1cc(CN)cc(C)n1. The van der Waals surface area contributed by atoms with Crippen molar-refractivity contribution in [1.82, 2.24) is 4.98 Å². The Labute approximate surface area is 115 Å². The summed E-state index contributed by atoms with van der Waals surface area (Å²) in [5, 5.41) is 0. The van der Waals surface area contributed by atoms with Gasteiger partial charge in [0.05, 0.1) is 0 Å². The Balaban J connectivity index is 2.44. The fourth-order valence-corrected chi connectivity index (χ4v) is 2.25. The molecule has 0 spiro atoms. The van der Waals surface area contributed by atoms with Crippen LogP contribution in [0.1, 0.15) is 23.7 Å². The van der Waals surface area contributed by atoms with Crippen molar-refractivity contribution in [3.63, 3.8) is 0 Å². The molecule has 19 heavy (non-hydrogen) atoms. The van der Waals surface area contributed by atoms with Crippen LogP contribution in [0.5, 0.6) is 0 Å². The summed E-state index contributed by atoms with van der Waals surface area (Å²) in [6.45, 7) is 7.67. The van der Waals surface area contributed by atoms with Crippen LogP contribution in [0.3, 0.4) is 0 Å². The van der Waals surface area contributed by atoms with Crippen molar-refractivity contribution in [2.75, 3.05) is 11.4 Å². The van der Waals surface area contributed by atoms with Crippen molar-refractivity contribution in [3.05, 3.63) is 53.2 Å². The summed E-state index contributed by atoms with van der Waals surface area (Å²) in [5.41, 5.74) is 10.3. The molecule has 0 aliphatic carbocycles. The van der Waals surface area contributed by atoms with E-state index in [0.29, 0.717) is 6.54 Å². The van der Waals surface area contributed by atoms with Crippen molar-refractivity contribution >= 4 is 11.5 Å². The molecule has 0 saturated heterocycles. The molecule has 2 rings (SSSR count). The zero-order valence-corrected chi connectivity index (χ0v) is 11.9. The van der Waals surface area contributed by atoms with Gasteiger partial charge in [0, 0.05) is 24.5 Å². The van der Waals surface area contributed by atoms with Crippen LogP contribution < -0.4 is 10.6 Å². The molecule has 0 amide bonds. The van der Waals surface area contributed by atoms with Gasteiger partial charge in [-0.2, -0.15) is 0 Å². The van der Waals surface area contributed by atoms with E-state index in [4.69, 9.17) is 5.73 Å². The maximum atomic E-state index is 5.75. The van der Waals surface area contributed by atoms with Gasteiger partial charge in [0.25, 0.3) is 0 Å². The lowest BCUT2D eigenvalue weighted by atomic mass is 10.2. The summed E-state index contributed by atoms with van der Waals surface area (Å²) < 4.78 is 0. The molecule has 0 aliphatic heterocycles. The first-order chi connectivity index (χ1) is 9.13. The average Bonchev–Trinajstić information content (AvgIpc) is 2.39. The second-order valence-corrected chi connectivity index (χ2v) is 4.76. The lowest BCUT2D eigenvalue weighted by molar-refractivity contribution is 0.960. The number of hydrogen-bond donors (Lipinski definition) is 1. The van der Waals surface area contributed by atoms with E-state index in [1.807, 2.05) is 13.0 Å². The van der Waals surface area contributed by atoms with E-state index in [9.17, 15) is 0 Å². The number of benzene rings is 1. The van der Waals surface area contributed by atoms with E-state index < -0.39 is 0 Å². The summed E-state index contributed by atoms with van der Waals surface area (Å²) in [6, 6.07) is 12.6. The molecule has 2 N–H and O–H groups in total. The quantitative estimate of drug-likeness (QED) is 0.911. The van der Waals surface area contributed by atoms with Crippen LogP contribution in [-0.2, 0) is 6.54 Å². The van der Waals surface area contributed by atoms with Crippen molar-refractivity contribution < 1.29 is 0 Å². The van der Waals surface area contributed by atoms with Crippen LogP contribution in [0.4, 0.5) is 11.5 Å². The first-order valence-electron chi connectivity index (χ1n) is 6.66. The molecule has 3 heteroatoms. The number of rotatable bonds is 4. The minimum absolute atomic E-state index is 0.543. The summed E-state index contributed by atoms with van der Waals surface area (Å²) >= 11 is 0. The van der Waals surface area contributed by atoms with E-state index in [1.165, 1.54) is 11.3 Å². The Morgan fingerprint density at radius 1 is 1.16 bits per heavy atom. The van der Waals surface area contributed by atoms with E-state index in [0.717, 1.165) is 23.6 Å². The van der Waals surface area contributed by atoms with Crippen LogP contribution >= 0.6 is 0 Å². The van der Waals surface area contributed by atoms with Gasteiger partial charge in [-0.15, -0.1) is 0 Å². The fourth-order valence-electron chi connectivity index (χ4n) is 2.25.